The second-order valence-corrected chi connectivity index (χ2v) is 9.34. The Bertz CT molecular complexity index is 1200. The monoisotopic (exact) mass is 469 g/mol. The summed E-state index contributed by atoms with van der Waals surface area (Å²) in [7, 11) is 0. The Morgan fingerprint density at radius 1 is 1.12 bits per heavy atom. The Hall–Kier alpha value is -3.17. The van der Waals surface area contributed by atoms with Crippen molar-refractivity contribution in [2.45, 2.75) is 18.7 Å². The summed E-state index contributed by atoms with van der Waals surface area (Å²) in [4.78, 5) is 29.0. The van der Waals surface area contributed by atoms with Gasteiger partial charge in [0.2, 0.25) is 11.8 Å². The van der Waals surface area contributed by atoms with E-state index in [2.05, 4.69) is 15.6 Å². The van der Waals surface area contributed by atoms with Crippen molar-refractivity contribution in [1.82, 2.24) is 10.3 Å². The fourth-order valence-electron chi connectivity index (χ4n) is 2.89. The minimum atomic E-state index is -0.423. The van der Waals surface area contributed by atoms with E-state index >= 15 is 0 Å². The minimum absolute atomic E-state index is 0.106. The molecule has 164 valence electrons. The van der Waals surface area contributed by atoms with Crippen LogP contribution in [0.1, 0.15) is 12.7 Å². The number of fused-ring (bicyclic) bond motifs is 1. The lowest BCUT2D eigenvalue weighted by Crippen LogP contribution is -2.31. The van der Waals surface area contributed by atoms with Crippen LogP contribution in [0.2, 0.25) is 0 Å². The summed E-state index contributed by atoms with van der Waals surface area (Å²) in [5.74, 6) is 0.574. The summed E-state index contributed by atoms with van der Waals surface area (Å²) in [6.45, 7) is 1.98. The van der Waals surface area contributed by atoms with Gasteiger partial charge in [-0.1, -0.05) is 12.1 Å². The molecule has 2 N–H and O–H groups in total. The zero-order valence-corrected chi connectivity index (χ0v) is 18.8. The number of aromatic nitrogens is 1. The molecule has 0 aliphatic rings. The predicted octanol–water partition coefficient (Wildman–Crippen LogP) is 5.07. The second-order valence-electron chi connectivity index (χ2n) is 6.98. The standard InChI is InChI=1S/C23H20FN3O3S2/c1-14(31-13-21(28)26-16-8-6-15(24)7-9-16)22(29)25-12-17-10-11-19(30-17)23-27-18-4-2-3-5-20(18)32-23/h2-11,14H,12-13H2,1H3,(H,25,29)(H,26,28). The number of benzene rings is 2. The maximum absolute atomic E-state index is 12.9. The Kier molecular flexibility index (Phi) is 6.87. The van der Waals surface area contributed by atoms with Gasteiger partial charge >= 0.3 is 0 Å². The van der Waals surface area contributed by atoms with Crippen molar-refractivity contribution < 1.29 is 18.4 Å². The smallest absolute Gasteiger partial charge is 0.234 e. The molecule has 1 atom stereocenters. The molecule has 0 spiro atoms. The van der Waals surface area contributed by atoms with Crippen molar-refractivity contribution in [2.75, 3.05) is 11.1 Å². The van der Waals surface area contributed by atoms with Crippen LogP contribution in [0, 0.1) is 5.82 Å². The highest BCUT2D eigenvalue weighted by molar-refractivity contribution is 8.01. The van der Waals surface area contributed by atoms with Crippen molar-refractivity contribution >= 4 is 50.8 Å². The van der Waals surface area contributed by atoms with Crippen molar-refractivity contribution in [1.29, 1.82) is 0 Å². The van der Waals surface area contributed by atoms with E-state index in [1.807, 2.05) is 36.4 Å². The van der Waals surface area contributed by atoms with Gasteiger partial charge in [0.05, 0.1) is 27.8 Å². The van der Waals surface area contributed by atoms with Gasteiger partial charge in [-0.25, -0.2) is 9.37 Å². The van der Waals surface area contributed by atoms with E-state index in [-0.39, 0.29) is 29.9 Å². The molecule has 0 saturated heterocycles. The summed E-state index contributed by atoms with van der Waals surface area (Å²) < 4.78 is 19.8. The Morgan fingerprint density at radius 2 is 1.91 bits per heavy atom. The largest absolute Gasteiger partial charge is 0.457 e. The maximum atomic E-state index is 12.9. The molecule has 9 heteroatoms. The van der Waals surface area contributed by atoms with Crippen LogP contribution < -0.4 is 10.6 Å². The number of nitrogens with one attached hydrogen (secondary N) is 2. The molecule has 2 amide bonds. The average Bonchev–Trinajstić information content (AvgIpc) is 3.44. The van der Waals surface area contributed by atoms with Gasteiger partial charge in [0.1, 0.15) is 11.6 Å². The number of thioether (sulfide) groups is 1. The highest BCUT2D eigenvalue weighted by atomic mass is 32.2. The summed E-state index contributed by atoms with van der Waals surface area (Å²) in [5, 5.41) is 5.86. The average molecular weight is 470 g/mol. The third kappa shape index (κ3) is 5.54. The first-order valence-corrected chi connectivity index (χ1v) is 11.7. The fourth-order valence-corrected chi connectivity index (χ4v) is 4.53. The molecular formula is C23H20FN3O3S2. The zero-order chi connectivity index (χ0) is 22.5. The molecule has 0 saturated carbocycles. The molecule has 0 aliphatic carbocycles. The number of carbonyl (C=O) groups is 2. The van der Waals surface area contributed by atoms with E-state index in [9.17, 15) is 14.0 Å². The third-order valence-corrected chi connectivity index (χ3v) is 6.76. The molecule has 0 aliphatic heterocycles. The second kappa shape index (κ2) is 9.97. The van der Waals surface area contributed by atoms with Gasteiger partial charge in [0.25, 0.3) is 0 Å². The normalized spacial score (nSPS) is 11.9. The van der Waals surface area contributed by atoms with Crippen molar-refractivity contribution in [3.63, 3.8) is 0 Å². The van der Waals surface area contributed by atoms with E-state index in [0.717, 1.165) is 15.2 Å². The first kappa shape index (κ1) is 22.0. The molecule has 2 aromatic carbocycles. The topological polar surface area (TPSA) is 84.2 Å². The third-order valence-electron chi connectivity index (χ3n) is 4.56. The van der Waals surface area contributed by atoms with E-state index in [1.165, 1.54) is 36.0 Å². The number of thiazole rings is 1. The van der Waals surface area contributed by atoms with Crippen molar-refractivity contribution in [3.05, 3.63) is 72.2 Å². The lowest BCUT2D eigenvalue weighted by atomic mass is 10.3. The quantitative estimate of drug-likeness (QED) is 0.376. The number of para-hydroxylation sites is 1. The fraction of sp³-hybridized carbons (Fsp3) is 0.174. The van der Waals surface area contributed by atoms with E-state index in [1.54, 1.807) is 18.3 Å². The molecule has 32 heavy (non-hydrogen) atoms. The molecule has 0 fully saturated rings. The molecular weight excluding hydrogens is 449 g/mol. The Morgan fingerprint density at radius 3 is 2.69 bits per heavy atom. The molecule has 2 heterocycles. The number of nitrogens with zero attached hydrogens (tertiary/aromatic N) is 1. The van der Waals surface area contributed by atoms with Gasteiger partial charge in [-0.05, 0) is 55.5 Å². The van der Waals surface area contributed by atoms with Gasteiger partial charge in [-0.3, -0.25) is 9.59 Å². The van der Waals surface area contributed by atoms with E-state index < -0.39 is 5.25 Å². The Balaban J connectivity index is 1.24. The molecule has 2 aromatic heterocycles. The van der Waals surface area contributed by atoms with Crippen molar-refractivity contribution in [3.8, 4) is 10.8 Å². The van der Waals surface area contributed by atoms with Crippen LogP contribution in [-0.4, -0.2) is 27.8 Å². The zero-order valence-electron chi connectivity index (χ0n) is 17.1. The number of hydrogen-bond donors (Lipinski definition) is 2. The number of rotatable bonds is 8. The summed E-state index contributed by atoms with van der Waals surface area (Å²) >= 11 is 2.77. The van der Waals surface area contributed by atoms with Crippen LogP contribution in [0.4, 0.5) is 10.1 Å². The minimum Gasteiger partial charge on any atom is -0.457 e. The lowest BCUT2D eigenvalue weighted by Gasteiger charge is -2.11. The lowest BCUT2D eigenvalue weighted by molar-refractivity contribution is -0.120. The van der Waals surface area contributed by atoms with Crippen LogP contribution in [0.15, 0.2) is 65.1 Å². The maximum Gasteiger partial charge on any atom is 0.234 e. The van der Waals surface area contributed by atoms with Gasteiger partial charge in [0.15, 0.2) is 10.8 Å². The number of amides is 2. The molecule has 1 unspecified atom stereocenters. The SMILES string of the molecule is CC(SCC(=O)Nc1ccc(F)cc1)C(=O)NCc1ccc(-c2nc3ccccc3s2)o1. The van der Waals surface area contributed by atoms with E-state index in [4.69, 9.17) is 4.42 Å². The molecule has 4 rings (SSSR count). The van der Waals surface area contributed by atoms with Crippen LogP contribution >= 0.6 is 23.1 Å². The predicted molar refractivity (Wildman–Crippen MR) is 126 cm³/mol. The molecule has 0 radical (unpaired) electrons. The molecule has 6 nitrogen and oxygen atoms in total. The number of hydrogen-bond acceptors (Lipinski definition) is 6. The highest BCUT2D eigenvalue weighted by Crippen LogP contribution is 2.31. The van der Waals surface area contributed by atoms with Gasteiger partial charge < -0.3 is 15.1 Å². The van der Waals surface area contributed by atoms with Crippen LogP contribution in [0.5, 0.6) is 0 Å². The van der Waals surface area contributed by atoms with Gasteiger partial charge in [-0.2, -0.15) is 0 Å². The molecule has 4 aromatic rings. The summed E-state index contributed by atoms with van der Waals surface area (Å²) in [6.07, 6.45) is 0. The number of anilines is 1. The number of furan rings is 1. The number of halogens is 1. The van der Waals surface area contributed by atoms with Crippen LogP contribution in [0.3, 0.4) is 0 Å². The first-order chi connectivity index (χ1) is 15.5. The molecule has 0 bridgehead atoms. The van der Waals surface area contributed by atoms with Crippen molar-refractivity contribution in [2.24, 2.45) is 0 Å². The van der Waals surface area contributed by atoms with Crippen LogP contribution in [0.25, 0.3) is 21.0 Å². The number of carbonyl (C=O) groups excluding carboxylic acids is 2. The van der Waals surface area contributed by atoms with Crippen LogP contribution in [-0.2, 0) is 16.1 Å². The first-order valence-electron chi connectivity index (χ1n) is 9.87. The Labute approximate surface area is 192 Å². The summed E-state index contributed by atoms with van der Waals surface area (Å²) in [5.41, 5.74) is 1.43. The van der Waals surface area contributed by atoms with Gasteiger partial charge in [0, 0.05) is 5.69 Å². The highest BCUT2D eigenvalue weighted by Gasteiger charge is 2.16. The van der Waals surface area contributed by atoms with E-state index in [0.29, 0.717) is 17.2 Å². The summed E-state index contributed by atoms with van der Waals surface area (Å²) in [6, 6.07) is 17.1. The van der Waals surface area contributed by atoms with Gasteiger partial charge in [-0.15, -0.1) is 23.1 Å².